The zero-order valence-corrected chi connectivity index (χ0v) is 3.87. The minimum absolute atomic E-state index is 1.36. The lowest BCUT2D eigenvalue weighted by molar-refractivity contribution is -0.134. The van der Waals surface area contributed by atoms with Crippen LogP contribution in [-0.2, 0) is 0 Å². The summed E-state index contributed by atoms with van der Waals surface area (Å²) in [6.07, 6.45) is -0.0865. The molecule has 0 heterocycles. The number of nitrogens with two attached hydrogens (primary N) is 1. The molecular formula is C4H4F3N. The normalized spacial score (nSPS) is 14.9. The molecule has 0 bridgehead atoms. The summed E-state index contributed by atoms with van der Waals surface area (Å²) in [5, 5.41) is 0. The summed E-state index contributed by atoms with van der Waals surface area (Å²) in [7, 11) is 0. The Morgan fingerprint density at radius 1 is 1.50 bits per heavy atom. The Hall–Kier alpha value is -0.690. The van der Waals surface area contributed by atoms with Crippen molar-refractivity contribution < 1.29 is 13.2 Å². The number of hydrogen-bond donors (Lipinski definition) is 1. The van der Waals surface area contributed by atoms with Crippen LogP contribution < -0.4 is 5.73 Å². The Morgan fingerprint density at radius 3 is 1.88 bits per heavy atom. The lowest BCUT2D eigenvalue weighted by Crippen LogP contribution is -2.35. The van der Waals surface area contributed by atoms with Crippen molar-refractivity contribution in [1.82, 2.24) is 0 Å². The Balaban J connectivity index is 3.87. The summed E-state index contributed by atoms with van der Waals surface area (Å²) in [4.78, 5) is 0. The monoisotopic (exact) mass is 123 g/mol. The van der Waals surface area contributed by atoms with Gasteiger partial charge in [0.05, 0.1) is 0 Å². The maximum atomic E-state index is 11.2. The van der Waals surface area contributed by atoms with Crippen LogP contribution in [0.15, 0.2) is 0 Å². The Morgan fingerprint density at radius 2 is 1.88 bits per heavy atom. The topological polar surface area (TPSA) is 26.0 Å². The predicted molar refractivity (Wildman–Crippen MR) is 22.9 cm³/mol. The smallest absolute Gasteiger partial charge is 0.310 e. The number of rotatable bonds is 0. The number of halogens is 3. The van der Waals surface area contributed by atoms with Crippen molar-refractivity contribution in [2.75, 3.05) is 0 Å². The highest BCUT2D eigenvalue weighted by molar-refractivity contribution is 5.00. The first-order valence-electron chi connectivity index (χ1n) is 1.77. The highest BCUT2D eigenvalue weighted by Crippen LogP contribution is 2.16. The third-order valence-electron chi connectivity index (χ3n) is 0.532. The first-order valence-corrected chi connectivity index (χ1v) is 1.77. The van der Waals surface area contributed by atoms with Gasteiger partial charge >= 0.3 is 6.18 Å². The number of hydrogen-bond acceptors (Lipinski definition) is 1. The molecular weight excluding hydrogens is 119 g/mol. The third-order valence-corrected chi connectivity index (χ3v) is 0.532. The van der Waals surface area contributed by atoms with Gasteiger partial charge in [0.15, 0.2) is 6.04 Å². The van der Waals surface area contributed by atoms with E-state index in [4.69, 9.17) is 0 Å². The van der Waals surface area contributed by atoms with Gasteiger partial charge in [0.2, 0.25) is 0 Å². The van der Waals surface area contributed by atoms with Crippen LogP contribution in [0, 0.1) is 12.3 Å². The lowest BCUT2D eigenvalue weighted by Gasteiger charge is -2.07. The highest BCUT2D eigenvalue weighted by Gasteiger charge is 2.34. The Bertz CT molecular complexity index is 109. The first-order chi connectivity index (χ1) is 3.48. The summed E-state index contributed by atoms with van der Waals surface area (Å²) >= 11 is 0. The average Bonchev–Trinajstić information content (AvgIpc) is 1.62. The molecule has 0 radical (unpaired) electrons. The minimum Gasteiger partial charge on any atom is -0.310 e. The largest absolute Gasteiger partial charge is 0.414 e. The van der Waals surface area contributed by atoms with Crippen LogP contribution in [0.4, 0.5) is 13.2 Å². The van der Waals surface area contributed by atoms with Crippen molar-refractivity contribution in [2.45, 2.75) is 12.2 Å². The van der Waals surface area contributed by atoms with Gasteiger partial charge in [-0.1, -0.05) is 5.92 Å². The molecule has 0 spiro atoms. The molecule has 2 N–H and O–H groups in total. The van der Waals surface area contributed by atoms with Gasteiger partial charge in [-0.2, -0.15) is 13.2 Å². The molecule has 1 atom stereocenters. The summed E-state index contributed by atoms with van der Waals surface area (Å²) in [6.45, 7) is 0. The van der Waals surface area contributed by atoms with Gasteiger partial charge in [-0.15, -0.1) is 6.42 Å². The molecule has 0 aliphatic carbocycles. The van der Waals surface area contributed by atoms with Gasteiger partial charge in [-0.25, -0.2) is 0 Å². The van der Waals surface area contributed by atoms with E-state index in [1.807, 2.05) is 0 Å². The van der Waals surface area contributed by atoms with E-state index < -0.39 is 12.2 Å². The van der Waals surface area contributed by atoms with Crippen molar-refractivity contribution in [3.63, 3.8) is 0 Å². The van der Waals surface area contributed by atoms with E-state index in [1.54, 1.807) is 0 Å². The lowest BCUT2D eigenvalue weighted by atomic mass is 10.3. The molecule has 0 aliphatic heterocycles. The fraction of sp³-hybridized carbons (Fsp3) is 0.500. The third kappa shape index (κ3) is 1.85. The second kappa shape index (κ2) is 2.05. The van der Waals surface area contributed by atoms with Crippen molar-refractivity contribution >= 4 is 0 Å². The fourth-order valence-corrected chi connectivity index (χ4v) is 0.0945. The zero-order chi connectivity index (χ0) is 6.78. The van der Waals surface area contributed by atoms with Crippen LogP contribution in [0.1, 0.15) is 0 Å². The van der Waals surface area contributed by atoms with E-state index in [0.717, 1.165) is 0 Å². The minimum atomic E-state index is -4.45. The van der Waals surface area contributed by atoms with E-state index >= 15 is 0 Å². The molecule has 0 aliphatic rings. The van der Waals surface area contributed by atoms with E-state index in [0.29, 0.717) is 0 Å². The molecule has 8 heavy (non-hydrogen) atoms. The van der Waals surface area contributed by atoms with Crippen molar-refractivity contribution in [3.8, 4) is 12.3 Å². The maximum absolute atomic E-state index is 11.2. The summed E-state index contributed by atoms with van der Waals surface area (Å²) < 4.78 is 33.5. The molecule has 1 unspecified atom stereocenters. The van der Waals surface area contributed by atoms with E-state index in [2.05, 4.69) is 12.2 Å². The quantitative estimate of drug-likeness (QED) is 0.466. The van der Waals surface area contributed by atoms with Gasteiger partial charge in [0.25, 0.3) is 0 Å². The molecule has 4 heteroatoms. The highest BCUT2D eigenvalue weighted by atomic mass is 19.4. The van der Waals surface area contributed by atoms with Crippen LogP contribution in [-0.4, -0.2) is 12.2 Å². The predicted octanol–water partition coefficient (Wildman–Crippen LogP) is 0.509. The Labute approximate surface area is 44.7 Å². The van der Waals surface area contributed by atoms with Crippen molar-refractivity contribution in [2.24, 2.45) is 5.73 Å². The standard InChI is InChI=1S/C4H4F3N/c1-2-3(8)4(5,6)7/h1,3H,8H2. The van der Waals surface area contributed by atoms with Gasteiger partial charge < -0.3 is 5.73 Å². The van der Waals surface area contributed by atoms with Gasteiger partial charge in [-0.3, -0.25) is 0 Å². The molecule has 0 saturated heterocycles. The van der Waals surface area contributed by atoms with Crippen molar-refractivity contribution in [3.05, 3.63) is 0 Å². The van der Waals surface area contributed by atoms with Gasteiger partial charge in [-0.05, 0) is 0 Å². The molecule has 1 nitrogen and oxygen atoms in total. The van der Waals surface area contributed by atoms with Crippen LogP contribution in [0.3, 0.4) is 0 Å². The summed E-state index contributed by atoms with van der Waals surface area (Å²) in [5.41, 5.74) is 4.39. The molecule has 0 amide bonds. The van der Waals surface area contributed by atoms with Gasteiger partial charge in [0.1, 0.15) is 0 Å². The molecule has 0 fully saturated rings. The van der Waals surface area contributed by atoms with Crippen LogP contribution in [0.5, 0.6) is 0 Å². The van der Waals surface area contributed by atoms with Crippen LogP contribution in [0.25, 0.3) is 0 Å². The maximum Gasteiger partial charge on any atom is 0.414 e. The fourth-order valence-electron chi connectivity index (χ4n) is 0.0945. The van der Waals surface area contributed by atoms with Gasteiger partial charge in [0, 0.05) is 0 Å². The van der Waals surface area contributed by atoms with E-state index in [1.165, 1.54) is 5.92 Å². The molecule has 46 valence electrons. The molecule has 0 rings (SSSR count). The molecule has 0 aromatic heterocycles. The van der Waals surface area contributed by atoms with Crippen LogP contribution in [0.2, 0.25) is 0 Å². The van der Waals surface area contributed by atoms with E-state index in [-0.39, 0.29) is 0 Å². The van der Waals surface area contributed by atoms with E-state index in [9.17, 15) is 13.2 Å². The summed E-state index contributed by atoms with van der Waals surface area (Å²) in [5.74, 6) is 1.36. The second-order valence-electron chi connectivity index (χ2n) is 1.19. The molecule has 0 saturated carbocycles. The molecule has 0 aromatic carbocycles. The Kier molecular flexibility index (Phi) is 1.88. The second-order valence-corrected chi connectivity index (χ2v) is 1.19. The number of terminal acetylenes is 1. The van der Waals surface area contributed by atoms with Crippen molar-refractivity contribution in [1.29, 1.82) is 0 Å². The SMILES string of the molecule is C#CC(N)C(F)(F)F. The molecule has 0 aromatic rings. The number of alkyl halides is 3. The van der Waals surface area contributed by atoms with Crippen LogP contribution >= 0.6 is 0 Å². The summed E-state index contributed by atoms with van der Waals surface area (Å²) in [6, 6.07) is -2.12. The first kappa shape index (κ1) is 7.31. The average molecular weight is 123 g/mol. The zero-order valence-electron chi connectivity index (χ0n) is 3.87.